The molecule has 128 valence electrons. The van der Waals surface area contributed by atoms with E-state index in [2.05, 4.69) is 13.8 Å². The second-order valence-corrected chi connectivity index (χ2v) is 8.49. The van der Waals surface area contributed by atoms with Gasteiger partial charge in [-0.3, -0.25) is 4.79 Å². The molecule has 1 amide bonds. The van der Waals surface area contributed by atoms with E-state index in [1.807, 2.05) is 25.1 Å². The predicted octanol–water partition coefficient (Wildman–Crippen LogP) is 2.47. The van der Waals surface area contributed by atoms with Crippen molar-refractivity contribution in [3.63, 3.8) is 0 Å². The van der Waals surface area contributed by atoms with Crippen LogP contribution < -0.4 is 4.74 Å². The average molecular weight is 339 g/mol. The number of hydrogen-bond acceptors (Lipinski definition) is 4. The van der Waals surface area contributed by atoms with Gasteiger partial charge in [0.05, 0.1) is 24.2 Å². The van der Waals surface area contributed by atoms with Crippen molar-refractivity contribution in [1.82, 2.24) is 4.90 Å². The topological polar surface area (TPSA) is 63.7 Å². The largest absolute Gasteiger partial charge is 0.496 e. The van der Waals surface area contributed by atoms with Gasteiger partial charge in [-0.05, 0) is 37.0 Å². The lowest BCUT2D eigenvalue weighted by Gasteiger charge is -2.28. The molecule has 1 saturated heterocycles. The maximum absolute atomic E-state index is 13.0. The molecule has 0 spiro atoms. The van der Waals surface area contributed by atoms with Crippen molar-refractivity contribution in [3.8, 4) is 5.75 Å². The van der Waals surface area contributed by atoms with E-state index < -0.39 is 9.84 Å². The van der Waals surface area contributed by atoms with Crippen molar-refractivity contribution in [2.24, 2.45) is 0 Å². The first kappa shape index (κ1) is 17.8. The zero-order chi connectivity index (χ0) is 17.2. The Labute approximate surface area is 138 Å². The second kappa shape index (κ2) is 6.91. The summed E-state index contributed by atoms with van der Waals surface area (Å²) in [5.74, 6) is 0.880. The Hall–Kier alpha value is -1.56. The number of rotatable bonds is 5. The van der Waals surface area contributed by atoms with Crippen LogP contribution in [-0.4, -0.2) is 50.4 Å². The van der Waals surface area contributed by atoms with Crippen LogP contribution in [0.25, 0.3) is 0 Å². The molecular weight excluding hydrogens is 314 g/mol. The van der Waals surface area contributed by atoms with Crippen LogP contribution in [-0.2, 0) is 9.84 Å². The van der Waals surface area contributed by atoms with Crippen LogP contribution >= 0.6 is 0 Å². The van der Waals surface area contributed by atoms with Gasteiger partial charge in [0.1, 0.15) is 5.75 Å². The van der Waals surface area contributed by atoms with Crippen LogP contribution in [0.3, 0.4) is 0 Å². The van der Waals surface area contributed by atoms with Gasteiger partial charge in [-0.2, -0.15) is 0 Å². The molecule has 5 nitrogen and oxygen atoms in total. The van der Waals surface area contributed by atoms with E-state index in [-0.39, 0.29) is 23.5 Å². The number of carbonyl (C=O) groups excluding carboxylic acids is 1. The zero-order valence-corrected chi connectivity index (χ0v) is 15.0. The van der Waals surface area contributed by atoms with Crippen molar-refractivity contribution in [1.29, 1.82) is 0 Å². The summed E-state index contributed by atoms with van der Waals surface area (Å²) in [6.07, 6.45) is 0.508. The molecule has 6 heteroatoms. The highest BCUT2D eigenvalue weighted by Gasteiger charge is 2.35. The average Bonchev–Trinajstić information content (AvgIpc) is 2.87. The smallest absolute Gasteiger partial charge is 0.257 e. The van der Waals surface area contributed by atoms with Crippen molar-refractivity contribution in [2.75, 3.05) is 25.2 Å². The number of sulfone groups is 1. The highest BCUT2D eigenvalue weighted by Crippen LogP contribution is 2.27. The quantitative estimate of drug-likeness (QED) is 0.827. The Morgan fingerprint density at radius 2 is 2.09 bits per heavy atom. The van der Waals surface area contributed by atoms with Crippen molar-refractivity contribution < 1.29 is 17.9 Å². The molecule has 0 N–H and O–H groups in total. The van der Waals surface area contributed by atoms with Crippen LogP contribution in [0.2, 0.25) is 0 Å². The molecule has 1 aromatic carbocycles. The minimum absolute atomic E-state index is 0.0543. The van der Waals surface area contributed by atoms with Gasteiger partial charge in [-0.1, -0.05) is 19.9 Å². The van der Waals surface area contributed by atoms with Gasteiger partial charge in [0.2, 0.25) is 0 Å². The van der Waals surface area contributed by atoms with Crippen LogP contribution in [0.1, 0.15) is 49.0 Å². The molecule has 1 atom stereocenters. The molecule has 2 rings (SSSR count). The van der Waals surface area contributed by atoms with Crippen LogP contribution in [0.5, 0.6) is 5.75 Å². The van der Waals surface area contributed by atoms with Gasteiger partial charge in [0.15, 0.2) is 9.84 Å². The van der Waals surface area contributed by atoms with Gasteiger partial charge in [-0.15, -0.1) is 0 Å². The highest BCUT2D eigenvalue weighted by atomic mass is 32.2. The molecule has 0 bridgehead atoms. The summed E-state index contributed by atoms with van der Waals surface area (Å²) >= 11 is 0. The molecule has 23 heavy (non-hydrogen) atoms. The molecule has 1 aliphatic heterocycles. The summed E-state index contributed by atoms with van der Waals surface area (Å²) in [5.41, 5.74) is 1.56. The number of benzene rings is 1. The van der Waals surface area contributed by atoms with Crippen molar-refractivity contribution in [3.05, 3.63) is 29.3 Å². The third-order valence-electron chi connectivity index (χ3n) is 4.37. The Balaban J connectivity index is 2.35. The number of carbonyl (C=O) groups is 1. The minimum atomic E-state index is -3.03. The molecule has 1 aliphatic rings. The number of methoxy groups -OCH3 is 1. The molecule has 0 aromatic heterocycles. The van der Waals surface area contributed by atoms with Crippen molar-refractivity contribution >= 4 is 15.7 Å². The lowest BCUT2D eigenvalue weighted by molar-refractivity contribution is 0.0705. The molecule has 1 heterocycles. The van der Waals surface area contributed by atoms with E-state index in [0.29, 0.717) is 30.2 Å². The molecular formula is C17H25NO4S. The Morgan fingerprint density at radius 1 is 1.39 bits per heavy atom. The normalized spacial score (nSPS) is 19.8. The third kappa shape index (κ3) is 3.86. The van der Waals surface area contributed by atoms with E-state index in [9.17, 15) is 13.2 Å². The number of nitrogens with zero attached hydrogens (tertiary/aromatic N) is 1. The van der Waals surface area contributed by atoms with Gasteiger partial charge in [-0.25, -0.2) is 8.42 Å². The Morgan fingerprint density at radius 3 is 2.57 bits per heavy atom. The molecule has 1 fully saturated rings. The van der Waals surface area contributed by atoms with E-state index >= 15 is 0 Å². The summed E-state index contributed by atoms with van der Waals surface area (Å²) in [4.78, 5) is 14.6. The fourth-order valence-corrected chi connectivity index (χ4v) is 4.73. The molecule has 1 aromatic rings. The zero-order valence-electron chi connectivity index (χ0n) is 14.2. The van der Waals surface area contributed by atoms with Crippen LogP contribution in [0, 0.1) is 0 Å². The van der Waals surface area contributed by atoms with Gasteiger partial charge in [0, 0.05) is 12.6 Å². The van der Waals surface area contributed by atoms with Crippen LogP contribution in [0.4, 0.5) is 0 Å². The van der Waals surface area contributed by atoms with E-state index in [1.165, 1.54) is 7.11 Å². The fourth-order valence-electron chi connectivity index (χ4n) is 3.00. The molecule has 0 aliphatic carbocycles. The molecule has 0 radical (unpaired) electrons. The monoisotopic (exact) mass is 339 g/mol. The van der Waals surface area contributed by atoms with E-state index in [1.54, 1.807) is 4.90 Å². The summed E-state index contributed by atoms with van der Waals surface area (Å²) in [6.45, 7) is 6.49. The highest BCUT2D eigenvalue weighted by molar-refractivity contribution is 7.91. The standard InChI is InChI=1S/C17H25NO4S/c1-5-18(14-8-9-23(20,21)11-14)17(19)15-10-13(12(2)3)6-7-16(15)22-4/h6-7,10,12,14H,5,8-9,11H2,1-4H3. The molecule has 1 unspecified atom stereocenters. The first-order valence-electron chi connectivity index (χ1n) is 7.98. The third-order valence-corrected chi connectivity index (χ3v) is 6.12. The Bertz CT molecular complexity index is 682. The Kier molecular flexibility index (Phi) is 5.34. The number of ether oxygens (including phenoxy) is 1. The predicted molar refractivity (Wildman–Crippen MR) is 90.9 cm³/mol. The lowest BCUT2D eigenvalue weighted by atomic mass is 9.99. The van der Waals surface area contributed by atoms with Crippen LogP contribution in [0.15, 0.2) is 18.2 Å². The summed E-state index contributed by atoms with van der Waals surface area (Å²) in [6, 6.07) is 5.38. The lowest BCUT2D eigenvalue weighted by Crippen LogP contribution is -2.41. The van der Waals surface area contributed by atoms with Crippen molar-refractivity contribution in [2.45, 2.75) is 39.2 Å². The summed E-state index contributed by atoms with van der Waals surface area (Å²) in [5, 5.41) is 0. The fraction of sp³-hybridized carbons (Fsp3) is 0.588. The summed E-state index contributed by atoms with van der Waals surface area (Å²) < 4.78 is 28.8. The van der Waals surface area contributed by atoms with E-state index in [4.69, 9.17) is 4.74 Å². The van der Waals surface area contributed by atoms with Gasteiger partial charge in [0.25, 0.3) is 5.91 Å². The maximum Gasteiger partial charge on any atom is 0.257 e. The SMILES string of the molecule is CCN(C(=O)c1cc(C(C)C)ccc1OC)C1CCS(=O)(=O)C1. The first-order chi connectivity index (χ1) is 10.8. The summed E-state index contributed by atoms with van der Waals surface area (Å²) in [7, 11) is -1.49. The maximum atomic E-state index is 13.0. The first-order valence-corrected chi connectivity index (χ1v) is 9.80. The van der Waals surface area contributed by atoms with E-state index in [0.717, 1.165) is 5.56 Å². The number of hydrogen-bond donors (Lipinski definition) is 0. The minimum Gasteiger partial charge on any atom is -0.496 e. The molecule has 0 saturated carbocycles. The number of amides is 1. The second-order valence-electron chi connectivity index (χ2n) is 6.26. The van der Waals surface area contributed by atoms with Gasteiger partial charge >= 0.3 is 0 Å². The van der Waals surface area contributed by atoms with Gasteiger partial charge < -0.3 is 9.64 Å².